The van der Waals surface area contributed by atoms with Crippen LogP contribution in [0, 0.1) is 0 Å². The molecule has 1 aliphatic heterocycles. The van der Waals surface area contributed by atoms with Gasteiger partial charge >= 0.3 is 5.97 Å². The average molecular weight is 341 g/mol. The summed E-state index contributed by atoms with van der Waals surface area (Å²) in [7, 11) is 0. The second-order valence-corrected chi connectivity index (χ2v) is 7.32. The van der Waals surface area contributed by atoms with E-state index in [-0.39, 0.29) is 24.0 Å². The summed E-state index contributed by atoms with van der Waals surface area (Å²) in [5.74, 6) is -0.401. The maximum Gasteiger partial charge on any atom is 0.341 e. The number of rotatable bonds is 4. The van der Waals surface area contributed by atoms with E-state index < -0.39 is 5.97 Å². The van der Waals surface area contributed by atoms with E-state index in [2.05, 4.69) is 10.4 Å². The first-order valence-corrected chi connectivity index (χ1v) is 8.46. The molecule has 0 aliphatic carbocycles. The van der Waals surface area contributed by atoms with Crippen molar-refractivity contribution in [3.05, 3.63) is 47.8 Å². The lowest BCUT2D eigenvalue weighted by atomic mass is 9.89. The lowest BCUT2D eigenvalue weighted by Gasteiger charge is -2.17. The molecule has 0 radical (unpaired) electrons. The zero-order valence-electron chi connectivity index (χ0n) is 14.8. The second kappa shape index (κ2) is 6.70. The number of aromatic nitrogens is 2. The standard InChI is InChI=1S/C19H23N3O3/c1-19(2,3)17-15(11-22(21-17)14-7-5-4-6-8-14)18(24)25-12-13-9-10-16(23)20-13/h4-8,11,13H,9-10,12H2,1-3H3,(H,20,23). The number of amides is 1. The number of nitrogens with zero attached hydrogens (tertiary/aromatic N) is 2. The molecule has 0 spiro atoms. The number of esters is 1. The Morgan fingerprint density at radius 3 is 2.64 bits per heavy atom. The minimum Gasteiger partial charge on any atom is -0.460 e. The lowest BCUT2D eigenvalue weighted by Crippen LogP contribution is -2.31. The van der Waals surface area contributed by atoms with Crippen molar-refractivity contribution in [3.63, 3.8) is 0 Å². The van der Waals surface area contributed by atoms with Gasteiger partial charge in [0.2, 0.25) is 5.91 Å². The summed E-state index contributed by atoms with van der Waals surface area (Å²) in [5, 5.41) is 7.41. The van der Waals surface area contributed by atoms with Crippen molar-refractivity contribution in [2.24, 2.45) is 0 Å². The molecule has 1 aromatic heterocycles. The fraction of sp³-hybridized carbons (Fsp3) is 0.421. The topological polar surface area (TPSA) is 73.2 Å². The van der Waals surface area contributed by atoms with Crippen LogP contribution in [0.1, 0.15) is 49.7 Å². The van der Waals surface area contributed by atoms with E-state index in [1.165, 1.54) is 0 Å². The van der Waals surface area contributed by atoms with Gasteiger partial charge in [0, 0.05) is 18.0 Å². The number of hydrogen-bond acceptors (Lipinski definition) is 4. The Labute approximate surface area is 147 Å². The van der Waals surface area contributed by atoms with Gasteiger partial charge in [-0.3, -0.25) is 4.79 Å². The molecule has 1 amide bonds. The van der Waals surface area contributed by atoms with Crippen molar-refractivity contribution < 1.29 is 14.3 Å². The molecule has 6 nitrogen and oxygen atoms in total. The highest BCUT2D eigenvalue weighted by Gasteiger charge is 2.29. The van der Waals surface area contributed by atoms with E-state index >= 15 is 0 Å². The van der Waals surface area contributed by atoms with Crippen molar-refractivity contribution in [2.75, 3.05) is 6.61 Å². The second-order valence-electron chi connectivity index (χ2n) is 7.32. The fourth-order valence-electron chi connectivity index (χ4n) is 2.85. The van der Waals surface area contributed by atoms with E-state index in [9.17, 15) is 9.59 Å². The number of carbonyl (C=O) groups excluding carboxylic acids is 2. The number of benzene rings is 1. The Morgan fingerprint density at radius 2 is 2.04 bits per heavy atom. The quantitative estimate of drug-likeness (QED) is 0.868. The Hall–Kier alpha value is -2.63. The van der Waals surface area contributed by atoms with Crippen LogP contribution >= 0.6 is 0 Å². The van der Waals surface area contributed by atoms with Crippen LogP contribution < -0.4 is 5.32 Å². The van der Waals surface area contributed by atoms with Crippen LogP contribution in [0.3, 0.4) is 0 Å². The van der Waals surface area contributed by atoms with Crippen LogP contribution in [0.4, 0.5) is 0 Å². The van der Waals surface area contributed by atoms with Crippen LogP contribution in [0.15, 0.2) is 36.5 Å². The van der Waals surface area contributed by atoms with Crippen LogP contribution in [-0.2, 0) is 14.9 Å². The third-order valence-electron chi connectivity index (χ3n) is 4.17. The van der Waals surface area contributed by atoms with E-state index in [1.807, 2.05) is 51.1 Å². The van der Waals surface area contributed by atoms with E-state index in [0.717, 1.165) is 5.69 Å². The van der Waals surface area contributed by atoms with Gasteiger partial charge < -0.3 is 10.1 Å². The van der Waals surface area contributed by atoms with Crippen molar-refractivity contribution >= 4 is 11.9 Å². The van der Waals surface area contributed by atoms with Gasteiger partial charge in [-0.25, -0.2) is 9.48 Å². The Morgan fingerprint density at radius 1 is 1.32 bits per heavy atom. The Bertz CT molecular complexity index is 775. The highest BCUT2D eigenvalue weighted by atomic mass is 16.5. The van der Waals surface area contributed by atoms with E-state index in [0.29, 0.717) is 24.1 Å². The minimum absolute atomic E-state index is 0.00771. The molecular formula is C19H23N3O3. The van der Waals surface area contributed by atoms with Crippen LogP contribution in [0.2, 0.25) is 0 Å². The molecule has 1 N–H and O–H groups in total. The van der Waals surface area contributed by atoms with Gasteiger partial charge in [0.25, 0.3) is 0 Å². The Kier molecular flexibility index (Phi) is 4.61. The van der Waals surface area contributed by atoms with Gasteiger partial charge in [-0.1, -0.05) is 39.0 Å². The molecule has 1 atom stereocenters. The van der Waals surface area contributed by atoms with E-state index in [4.69, 9.17) is 4.74 Å². The molecule has 2 heterocycles. The van der Waals surface area contributed by atoms with Gasteiger partial charge in [-0.05, 0) is 18.6 Å². The molecule has 3 rings (SSSR count). The van der Waals surface area contributed by atoms with Crippen LogP contribution in [-0.4, -0.2) is 34.3 Å². The zero-order chi connectivity index (χ0) is 18.0. The third-order valence-corrected chi connectivity index (χ3v) is 4.17. The van der Waals surface area contributed by atoms with Crippen molar-refractivity contribution in [2.45, 2.75) is 45.1 Å². The van der Waals surface area contributed by atoms with Gasteiger partial charge in [0.05, 0.1) is 17.4 Å². The summed E-state index contributed by atoms with van der Waals surface area (Å²) in [5.41, 5.74) is 1.74. The third kappa shape index (κ3) is 3.90. The van der Waals surface area contributed by atoms with Crippen LogP contribution in [0.5, 0.6) is 0 Å². The molecule has 0 saturated carbocycles. The van der Waals surface area contributed by atoms with Gasteiger partial charge in [0.15, 0.2) is 0 Å². The summed E-state index contributed by atoms with van der Waals surface area (Å²) in [4.78, 5) is 23.9. The maximum absolute atomic E-state index is 12.6. The summed E-state index contributed by atoms with van der Waals surface area (Å²) < 4.78 is 7.14. The first kappa shape index (κ1) is 17.2. The predicted octanol–water partition coefficient (Wildman–Crippen LogP) is 2.61. The number of para-hydroxylation sites is 1. The van der Waals surface area contributed by atoms with E-state index in [1.54, 1.807) is 10.9 Å². The van der Waals surface area contributed by atoms with Gasteiger partial charge in [-0.2, -0.15) is 5.10 Å². The molecule has 6 heteroatoms. The molecule has 132 valence electrons. The lowest BCUT2D eigenvalue weighted by molar-refractivity contribution is -0.119. The number of ether oxygens (including phenoxy) is 1. The SMILES string of the molecule is CC(C)(C)c1nn(-c2ccccc2)cc1C(=O)OCC1CCC(=O)N1. The van der Waals surface area contributed by atoms with Crippen molar-refractivity contribution in [1.82, 2.24) is 15.1 Å². The van der Waals surface area contributed by atoms with Crippen molar-refractivity contribution in [3.8, 4) is 5.69 Å². The molecule has 0 bridgehead atoms. The number of carbonyl (C=O) groups is 2. The monoisotopic (exact) mass is 341 g/mol. The fourth-order valence-corrected chi connectivity index (χ4v) is 2.85. The molecule has 1 aliphatic rings. The van der Waals surface area contributed by atoms with Gasteiger partial charge in [0.1, 0.15) is 12.2 Å². The van der Waals surface area contributed by atoms with Gasteiger partial charge in [-0.15, -0.1) is 0 Å². The normalized spacial score (nSPS) is 17.4. The number of hydrogen-bond donors (Lipinski definition) is 1. The molecule has 1 saturated heterocycles. The zero-order valence-corrected chi connectivity index (χ0v) is 14.8. The predicted molar refractivity (Wildman–Crippen MR) is 93.7 cm³/mol. The van der Waals surface area contributed by atoms with Crippen LogP contribution in [0.25, 0.3) is 5.69 Å². The Balaban J connectivity index is 1.82. The van der Waals surface area contributed by atoms with Crippen molar-refractivity contribution in [1.29, 1.82) is 0 Å². The summed E-state index contributed by atoms with van der Waals surface area (Å²) in [6.07, 6.45) is 2.90. The number of nitrogens with one attached hydrogen (secondary N) is 1. The maximum atomic E-state index is 12.6. The highest BCUT2D eigenvalue weighted by molar-refractivity contribution is 5.91. The molecule has 25 heavy (non-hydrogen) atoms. The summed E-state index contributed by atoms with van der Waals surface area (Å²) >= 11 is 0. The molecule has 1 fully saturated rings. The first-order valence-electron chi connectivity index (χ1n) is 8.46. The highest BCUT2D eigenvalue weighted by Crippen LogP contribution is 2.26. The largest absolute Gasteiger partial charge is 0.460 e. The summed E-state index contributed by atoms with van der Waals surface area (Å²) in [6, 6.07) is 9.55. The average Bonchev–Trinajstić information content (AvgIpc) is 3.19. The smallest absolute Gasteiger partial charge is 0.341 e. The summed E-state index contributed by atoms with van der Waals surface area (Å²) in [6.45, 7) is 6.22. The first-order chi connectivity index (χ1) is 11.8. The molecular weight excluding hydrogens is 318 g/mol. The molecule has 1 unspecified atom stereocenters. The molecule has 1 aromatic carbocycles. The molecule has 2 aromatic rings. The minimum atomic E-state index is -0.409.